The van der Waals surface area contributed by atoms with Crippen molar-refractivity contribution in [3.63, 3.8) is 0 Å². The van der Waals surface area contributed by atoms with Crippen molar-refractivity contribution in [2.45, 2.75) is 46.5 Å². The van der Waals surface area contributed by atoms with Gasteiger partial charge in [0.2, 0.25) is 0 Å². The number of rotatable bonds is 10. The summed E-state index contributed by atoms with van der Waals surface area (Å²) in [5.74, 6) is 0.516. The van der Waals surface area contributed by atoms with Crippen molar-refractivity contribution in [2.24, 2.45) is 0 Å². The largest absolute Gasteiger partial charge is 0.453 e. The van der Waals surface area contributed by atoms with Crippen molar-refractivity contribution in [2.75, 3.05) is 31.1 Å². The van der Waals surface area contributed by atoms with Crippen molar-refractivity contribution in [3.8, 4) is 11.5 Å². The first-order valence-electron chi connectivity index (χ1n) is 12.5. The Labute approximate surface area is 225 Å². The molecule has 0 bridgehead atoms. The van der Waals surface area contributed by atoms with Gasteiger partial charge in [-0.3, -0.25) is 4.79 Å². The normalized spacial score (nSPS) is 13.5. The molecule has 35 heavy (non-hydrogen) atoms. The second-order valence-corrected chi connectivity index (χ2v) is 8.80. The fourth-order valence-corrected chi connectivity index (χ4v) is 4.34. The zero-order chi connectivity index (χ0) is 23.9. The number of nitrogens with zero attached hydrogens (tertiary/aromatic N) is 3. The third-order valence-electron chi connectivity index (χ3n) is 6.42. The molecule has 1 aliphatic carbocycles. The average Bonchev–Trinajstić information content (AvgIpc) is 2.86. The van der Waals surface area contributed by atoms with Crippen molar-refractivity contribution in [1.82, 2.24) is 9.88 Å². The highest BCUT2D eigenvalue weighted by atomic mass is 127. The van der Waals surface area contributed by atoms with Gasteiger partial charge in [0.25, 0.3) is 0 Å². The van der Waals surface area contributed by atoms with E-state index in [1.165, 1.54) is 25.7 Å². The van der Waals surface area contributed by atoms with Crippen molar-refractivity contribution in [3.05, 3.63) is 76.1 Å². The number of halogens is 1. The summed E-state index contributed by atoms with van der Waals surface area (Å²) >= 11 is 0. The molecule has 186 valence electrons. The number of unbranched alkanes of at least 4 members (excludes halogenated alkanes) is 3. The summed E-state index contributed by atoms with van der Waals surface area (Å²) in [7, 11) is 0. The number of fused-ring (bicyclic) bond motifs is 2. The number of aromatic nitrogens is 1. The van der Waals surface area contributed by atoms with Gasteiger partial charge in [-0.2, -0.15) is 0 Å². The summed E-state index contributed by atoms with van der Waals surface area (Å²) in [6.45, 7) is 10.3. The predicted octanol–water partition coefficient (Wildman–Crippen LogP) is 7.11. The third kappa shape index (κ3) is 6.75. The fourth-order valence-electron chi connectivity index (χ4n) is 4.34. The van der Waals surface area contributed by atoms with Crippen LogP contribution in [0.15, 0.2) is 69.5 Å². The van der Waals surface area contributed by atoms with Gasteiger partial charge in [-0.15, -0.1) is 24.0 Å². The van der Waals surface area contributed by atoms with E-state index in [1.54, 1.807) is 6.07 Å². The summed E-state index contributed by atoms with van der Waals surface area (Å²) in [6, 6.07) is 9.43. The number of hydrogen-bond acceptors (Lipinski definition) is 5. The van der Waals surface area contributed by atoms with E-state index in [0.29, 0.717) is 22.6 Å². The lowest BCUT2D eigenvalue weighted by molar-refractivity contribution is 0.393. The van der Waals surface area contributed by atoms with Crippen LogP contribution < -0.4 is 10.3 Å². The summed E-state index contributed by atoms with van der Waals surface area (Å²) < 4.78 is 6.07. The van der Waals surface area contributed by atoms with Gasteiger partial charge in [0.15, 0.2) is 16.8 Å². The Bertz CT molecular complexity index is 1240. The van der Waals surface area contributed by atoms with Crippen LogP contribution in [-0.2, 0) is 0 Å². The maximum Gasteiger partial charge on any atom is 0.189 e. The molecule has 0 radical (unpaired) electrons. The van der Waals surface area contributed by atoms with E-state index in [-0.39, 0.29) is 29.4 Å². The Morgan fingerprint density at radius 1 is 1.06 bits per heavy atom. The lowest BCUT2D eigenvalue weighted by Gasteiger charge is -2.21. The molecule has 1 aromatic rings. The lowest BCUT2D eigenvalue weighted by Crippen LogP contribution is -2.21. The molecule has 3 aliphatic rings. The Balaban J connectivity index is 0.00000342. The number of allylic oxidation sites excluding steroid dienone is 3. The lowest BCUT2D eigenvalue weighted by atomic mass is 10.1. The highest BCUT2D eigenvalue weighted by Gasteiger charge is 2.13. The first-order chi connectivity index (χ1) is 16.6. The van der Waals surface area contributed by atoms with E-state index in [9.17, 15) is 4.79 Å². The molecular weight excluding hydrogens is 549 g/mol. The van der Waals surface area contributed by atoms with E-state index in [0.717, 1.165) is 43.0 Å². The first-order valence-corrected chi connectivity index (χ1v) is 12.5. The maximum atomic E-state index is 12.7. The molecule has 2 aliphatic heterocycles. The Morgan fingerprint density at radius 2 is 1.89 bits per heavy atom. The molecule has 0 saturated carbocycles. The number of hydrogen-bond donors (Lipinski definition) is 0. The van der Waals surface area contributed by atoms with Crippen LogP contribution >= 0.6 is 24.0 Å². The molecule has 4 rings (SSSR count). The van der Waals surface area contributed by atoms with Crippen LogP contribution in [0.5, 0.6) is 0 Å². The molecule has 0 saturated heterocycles. The monoisotopic (exact) mass is 585 g/mol. The zero-order valence-corrected chi connectivity index (χ0v) is 23.3. The minimum absolute atomic E-state index is 0. The Kier molecular flexibility index (Phi) is 9.95. The van der Waals surface area contributed by atoms with Crippen molar-refractivity contribution in [1.29, 1.82) is 0 Å². The molecule has 0 amide bonds. The predicted molar refractivity (Wildman–Crippen MR) is 158 cm³/mol. The molecule has 0 unspecified atom stereocenters. The Hall–Kier alpha value is -2.61. The van der Waals surface area contributed by atoms with Crippen LogP contribution in [0, 0.1) is 0 Å². The van der Waals surface area contributed by atoms with Crippen LogP contribution in [-0.4, -0.2) is 36.1 Å². The minimum atomic E-state index is -0.0634. The van der Waals surface area contributed by atoms with E-state index >= 15 is 0 Å². The second-order valence-electron chi connectivity index (χ2n) is 8.80. The highest BCUT2D eigenvalue weighted by Crippen LogP contribution is 2.28. The van der Waals surface area contributed by atoms with Gasteiger partial charge in [-0.05, 0) is 56.3 Å². The van der Waals surface area contributed by atoms with E-state index in [2.05, 4.69) is 55.0 Å². The fraction of sp³-hybridized carbons (Fsp3) is 0.379. The van der Waals surface area contributed by atoms with E-state index < -0.39 is 0 Å². The second kappa shape index (κ2) is 12.9. The standard InChI is InChI=1S/C29H35N3O2.HI/c1-4-7-8-9-16-31-17-14-22(15-18-31)10-11-23-19-26-29(21-27(23)33)34-28-20-24(32(5-2)6-3)12-13-25(28)30-26;/h10-15,17,19-21H,4-9,16,18H2,1-3H3;1H/b11-10+;. The smallest absolute Gasteiger partial charge is 0.189 e. The summed E-state index contributed by atoms with van der Waals surface area (Å²) in [6.07, 6.45) is 15.4. The van der Waals surface area contributed by atoms with Crippen molar-refractivity contribution >= 4 is 46.8 Å². The zero-order valence-electron chi connectivity index (χ0n) is 21.0. The topological polar surface area (TPSA) is 49.6 Å². The van der Waals surface area contributed by atoms with Gasteiger partial charge in [-0.1, -0.05) is 44.4 Å². The summed E-state index contributed by atoms with van der Waals surface area (Å²) in [4.78, 5) is 22.1. The van der Waals surface area contributed by atoms with Gasteiger partial charge < -0.3 is 14.2 Å². The van der Waals surface area contributed by atoms with Gasteiger partial charge in [0.05, 0.1) is 0 Å². The van der Waals surface area contributed by atoms with Gasteiger partial charge >= 0.3 is 0 Å². The molecule has 0 aromatic heterocycles. The summed E-state index contributed by atoms with van der Waals surface area (Å²) in [5.41, 5.74) is 4.93. The highest BCUT2D eigenvalue weighted by molar-refractivity contribution is 14.0. The van der Waals surface area contributed by atoms with E-state index in [1.807, 2.05) is 30.4 Å². The molecule has 2 heterocycles. The quantitative estimate of drug-likeness (QED) is 0.144. The molecule has 0 spiro atoms. The molecular formula is C29H36IN3O2. The SMILES string of the molecule is CCCCCCN1C=CC(/C=C/c2cc3nc4ccc(N(CC)CC)cc4oc-3cc2=O)=CC1.I. The number of anilines is 1. The summed E-state index contributed by atoms with van der Waals surface area (Å²) in [5, 5.41) is 0. The molecule has 0 fully saturated rings. The average molecular weight is 586 g/mol. The van der Waals surface area contributed by atoms with Crippen LogP contribution in [0.2, 0.25) is 0 Å². The maximum absolute atomic E-state index is 12.7. The Morgan fingerprint density at radius 3 is 2.60 bits per heavy atom. The first kappa shape index (κ1) is 27.0. The van der Waals surface area contributed by atoms with Crippen molar-refractivity contribution < 1.29 is 4.42 Å². The van der Waals surface area contributed by atoms with Crippen LogP contribution in [0.1, 0.15) is 52.0 Å². The van der Waals surface area contributed by atoms with Gasteiger partial charge in [-0.25, -0.2) is 4.98 Å². The molecule has 6 heteroatoms. The number of benzene rings is 2. The van der Waals surface area contributed by atoms with Gasteiger partial charge in [0, 0.05) is 49.6 Å². The minimum Gasteiger partial charge on any atom is -0.453 e. The van der Waals surface area contributed by atoms with E-state index in [4.69, 9.17) is 9.40 Å². The molecule has 5 nitrogen and oxygen atoms in total. The van der Waals surface area contributed by atoms with Crippen LogP contribution in [0.25, 0.3) is 28.6 Å². The van der Waals surface area contributed by atoms with Gasteiger partial charge in [0.1, 0.15) is 11.2 Å². The van der Waals surface area contributed by atoms with Crippen LogP contribution in [0.4, 0.5) is 5.69 Å². The van der Waals surface area contributed by atoms with Crippen LogP contribution in [0.3, 0.4) is 0 Å². The molecule has 1 aromatic carbocycles. The molecule has 0 atom stereocenters. The third-order valence-corrected chi connectivity index (χ3v) is 6.42. The molecule has 0 N–H and O–H groups in total.